The Hall–Kier alpha value is -9.36. The number of carbonyl (C=O) groups is 4. The van der Waals surface area contributed by atoms with E-state index in [9.17, 15) is 45.5 Å². The van der Waals surface area contributed by atoms with Crippen molar-refractivity contribution in [1.29, 1.82) is 0 Å². The third-order valence-electron chi connectivity index (χ3n) is 17.6. The average molecular weight is 1230 g/mol. The Balaban J connectivity index is 0.000000168. The van der Waals surface area contributed by atoms with Crippen molar-refractivity contribution < 1.29 is 55.0 Å². The highest BCUT2D eigenvalue weighted by Gasteiger charge is 2.41. The van der Waals surface area contributed by atoms with E-state index in [1.54, 1.807) is 43.8 Å². The summed E-state index contributed by atoms with van der Waals surface area (Å²) in [5, 5.41) is 4.82. The van der Waals surface area contributed by atoms with Gasteiger partial charge in [-0.25, -0.2) is 29.9 Å². The second-order valence-electron chi connectivity index (χ2n) is 23.1. The maximum absolute atomic E-state index is 13.1. The molecule has 466 valence electrons. The average Bonchev–Trinajstić information content (AvgIpc) is 1.74. The van der Waals surface area contributed by atoms with E-state index in [4.69, 9.17) is 30.9 Å². The smallest absolute Gasteiger partial charge is 0.416 e. The minimum atomic E-state index is -4.57. The van der Waals surface area contributed by atoms with E-state index in [0.717, 1.165) is 98.7 Å². The molecule has 13 rings (SSSR count). The number of benzene rings is 2. The number of carbonyl (C=O) groups excluding carboxylic acids is 4. The number of alkyl halides is 6. The Morgan fingerprint density at radius 2 is 1.02 bits per heavy atom. The maximum atomic E-state index is 13.1. The number of nitrogens with two attached hydrogens (primary N) is 2. The lowest BCUT2D eigenvalue weighted by Gasteiger charge is -2.34. The largest absolute Gasteiger partial charge is 0.496 e. The van der Waals surface area contributed by atoms with Crippen molar-refractivity contribution in [3.05, 3.63) is 132 Å². The summed E-state index contributed by atoms with van der Waals surface area (Å²) >= 11 is 0. The highest BCUT2D eigenvalue weighted by Crippen LogP contribution is 2.43. The van der Waals surface area contributed by atoms with Gasteiger partial charge in [0.15, 0.2) is 0 Å². The van der Waals surface area contributed by atoms with Gasteiger partial charge in [0.25, 0.3) is 11.8 Å². The van der Waals surface area contributed by atoms with Gasteiger partial charge in [0, 0.05) is 109 Å². The summed E-state index contributed by atoms with van der Waals surface area (Å²) in [6, 6.07) is 13.1. The van der Waals surface area contributed by atoms with Crippen molar-refractivity contribution in [3.63, 3.8) is 0 Å². The summed E-state index contributed by atoms with van der Waals surface area (Å²) in [6.07, 6.45) is 8.99. The molecular formula is C63H66F6N14O6. The monoisotopic (exact) mass is 1230 g/mol. The molecule has 0 radical (unpaired) electrons. The highest BCUT2D eigenvalue weighted by molar-refractivity contribution is 6.06. The molecule has 4 saturated heterocycles. The number of piperidine rings is 2. The van der Waals surface area contributed by atoms with Crippen molar-refractivity contribution in [2.45, 2.75) is 121 Å². The SMILES string of the molecule is CC1CCC1C.CCOc1cc(C(=O)Nc2cc(C(F)(F)F)ccn2)ccc1-c1nc(C2CC[C@H]3CCC(=O)N3C2)n2ccnc(N)c12.COc1cc(C(=O)Nc2cc(C(F)(F)F)ccn2)ccc1-c1nc(C2CC[C@H]3CCC(=O)N3C2)n2ccnc(N)c12. The van der Waals surface area contributed by atoms with Crippen molar-refractivity contribution in [2.24, 2.45) is 11.8 Å². The summed E-state index contributed by atoms with van der Waals surface area (Å²) < 4.78 is 93.9. The third-order valence-corrected chi connectivity index (χ3v) is 17.6. The fraction of sp³-hybridized carbons (Fsp3) is 0.397. The number of hydrogen-bond acceptors (Lipinski definition) is 14. The van der Waals surface area contributed by atoms with E-state index in [0.29, 0.717) is 71.0 Å². The molecule has 20 nitrogen and oxygen atoms in total. The zero-order valence-corrected chi connectivity index (χ0v) is 49.2. The second-order valence-corrected chi connectivity index (χ2v) is 23.1. The molecule has 0 bridgehead atoms. The van der Waals surface area contributed by atoms with Gasteiger partial charge in [0.1, 0.15) is 68.8 Å². The number of pyridine rings is 2. The van der Waals surface area contributed by atoms with Crippen LogP contribution >= 0.6 is 0 Å². The molecule has 6 aromatic heterocycles. The zero-order chi connectivity index (χ0) is 63.1. The molecule has 8 aromatic rings. The van der Waals surface area contributed by atoms with Crippen LogP contribution in [0.5, 0.6) is 11.5 Å². The van der Waals surface area contributed by atoms with E-state index in [1.807, 2.05) is 18.6 Å². The van der Waals surface area contributed by atoms with E-state index in [1.165, 1.54) is 44.2 Å². The van der Waals surface area contributed by atoms with Crippen LogP contribution in [0.3, 0.4) is 0 Å². The molecular weight excluding hydrogens is 1160 g/mol. The van der Waals surface area contributed by atoms with Gasteiger partial charge in [0.2, 0.25) is 11.8 Å². The number of nitrogens with zero attached hydrogens (tertiary/aromatic N) is 10. The second kappa shape index (κ2) is 25.0. The summed E-state index contributed by atoms with van der Waals surface area (Å²) in [7, 11) is 1.44. The molecule has 10 heterocycles. The fourth-order valence-electron chi connectivity index (χ4n) is 12.4. The van der Waals surface area contributed by atoms with Crippen LogP contribution < -0.4 is 31.6 Å². The Labute approximate surface area is 507 Å². The van der Waals surface area contributed by atoms with Crippen LogP contribution in [0.1, 0.15) is 140 Å². The lowest BCUT2D eigenvalue weighted by atomic mass is 9.77. The molecule has 5 fully saturated rings. The number of nitrogens with one attached hydrogen (secondary N) is 2. The topological polar surface area (TPSA) is 255 Å². The molecule has 6 N–H and O–H groups in total. The van der Waals surface area contributed by atoms with Crippen LogP contribution in [-0.2, 0) is 21.9 Å². The van der Waals surface area contributed by atoms with Gasteiger partial charge in [-0.2, -0.15) is 26.3 Å². The number of rotatable bonds is 11. The Morgan fingerprint density at radius 1 is 0.584 bits per heavy atom. The maximum Gasteiger partial charge on any atom is 0.416 e. The summed E-state index contributed by atoms with van der Waals surface area (Å²) in [5.41, 5.74) is 14.4. The predicted octanol–water partition coefficient (Wildman–Crippen LogP) is 11.5. The third kappa shape index (κ3) is 12.7. The van der Waals surface area contributed by atoms with Gasteiger partial charge in [-0.05, 0) is 118 Å². The summed E-state index contributed by atoms with van der Waals surface area (Å²) in [5.74, 6) is 3.28. The predicted molar refractivity (Wildman–Crippen MR) is 319 cm³/mol. The molecule has 1 aliphatic carbocycles. The van der Waals surface area contributed by atoms with Gasteiger partial charge in [0.05, 0.1) is 24.8 Å². The standard InChI is InChI=1S/C29H28F3N7O3.C28H26F3N7O3.C6H12/c1-2-42-21-13-16(28(41)36-22-14-18(9-10-34-22)29(30,31)32)4-7-20(21)24-25-26(33)35-11-12-38(25)27(37-24)17-3-5-19-6-8-23(40)39(19)15-17;1-41-20-12-15(27(40)35-21-13-17(8-9-33-21)28(29,30)31)3-6-19(20)23-24-25(32)34-10-11-37(24)26(36-23)16-2-4-18-5-7-22(39)38(18)14-16;1-5-3-4-6(5)2/h4,7,9-14,17,19H,2-3,5-6,8,15H2,1H3,(H2,33,35)(H,34,36,41);3,6,8-13,16,18H,2,4-5,7,14H2,1H3,(H2,32,34)(H,33,35,40);5-6H,3-4H2,1-2H3/t17?,19-;16?,18-;/m00./s1. The number of ether oxygens (including phenoxy) is 2. The summed E-state index contributed by atoms with van der Waals surface area (Å²) in [4.78, 5) is 80.9. The van der Waals surface area contributed by atoms with Crippen LogP contribution in [0, 0.1) is 11.8 Å². The van der Waals surface area contributed by atoms with E-state index in [2.05, 4.69) is 44.4 Å². The molecule has 4 amide bonds. The number of aromatic nitrogens is 8. The lowest BCUT2D eigenvalue weighted by Crippen LogP contribution is -2.41. The number of amides is 4. The van der Waals surface area contributed by atoms with Gasteiger partial charge >= 0.3 is 12.4 Å². The molecule has 0 spiro atoms. The molecule has 4 aliphatic heterocycles. The van der Waals surface area contributed by atoms with Crippen LogP contribution in [0.2, 0.25) is 0 Å². The molecule has 89 heavy (non-hydrogen) atoms. The van der Waals surface area contributed by atoms with Crippen molar-refractivity contribution >= 4 is 57.9 Å². The molecule has 5 aliphatic rings. The summed E-state index contributed by atoms with van der Waals surface area (Å²) in [6.45, 7) is 7.87. The van der Waals surface area contributed by atoms with E-state index >= 15 is 0 Å². The van der Waals surface area contributed by atoms with Crippen LogP contribution in [0.4, 0.5) is 49.6 Å². The first-order chi connectivity index (χ1) is 42.6. The molecule has 6 atom stereocenters. The van der Waals surface area contributed by atoms with Crippen LogP contribution in [0.25, 0.3) is 33.5 Å². The first-order valence-corrected chi connectivity index (χ1v) is 29.6. The zero-order valence-electron chi connectivity index (χ0n) is 49.2. The minimum absolute atomic E-state index is 0.00708. The quantitative estimate of drug-likeness (QED) is 0.0879. The Morgan fingerprint density at radius 3 is 1.43 bits per heavy atom. The van der Waals surface area contributed by atoms with Gasteiger partial charge in [-0.3, -0.25) is 28.0 Å². The highest BCUT2D eigenvalue weighted by atomic mass is 19.4. The first kappa shape index (κ1) is 61.3. The van der Waals surface area contributed by atoms with Crippen LogP contribution in [-0.4, -0.2) is 111 Å². The number of anilines is 4. The van der Waals surface area contributed by atoms with Crippen molar-refractivity contribution in [2.75, 3.05) is 48.9 Å². The van der Waals surface area contributed by atoms with Gasteiger partial charge < -0.3 is 41.4 Å². The Bertz CT molecular complexity index is 3990. The number of fused-ring (bicyclic) bond motifs is 4. The fourth-order valence-corrected chi connectivity index (χ4v) is 12.4. The molecule has 1 saturated carbocycles. The lowest BCUT2D eigenvalue weighted by molar-refractivity contribution is -0.138. The normalized spacial score (nSPS) is 20.6. The number of hydrogen-bond donors (Lipinski definition) is 4. The number of methoxy groups -OCH3 is 1. The molecule has 4 unspecified atom stereocenters. The number of nitrogen functional groups attached to an aromatic ring is 2. The van der Waals surface area contributed by atoms with Gasteiger partial charge in [-0.1, -0.05) is 26.7 Å². The van der Waals surface area contributed by atoms with E-state index in [-0.39, 0.29) is 76.7 Å². The minimum Gasteiger partial charge on any atom is -0.496 e. The Kier molecular flexibility index (Phi) is 17.2. The van der Waals surface area contributed by atoms with Crippen LogP contribution in [0.15, 0.2) is 97.8 Å². The number of halogens is 6. The number of imidazole rings is 2. The van der Waals surface area contributed by atoms with Crippen molar-refractivity contribution in [1.82, 2.24) is 48.5 Å². The van der Waals surface area contributed by atoms with E-state index < -0.39 is 35.3 Å². The van der Waals surface area contributed by atoms with Gasteiger partial charge in [-0.15, -0.1) is 0 Å². The van der Waals surface area contributed by atoms with Crippen molar-refractivity contribution in [3.8, 4) is 34.0 Å². The first-order valence-electron chi connectivity index (χ1n) is 29.6. The molecule has 26 heteroatoms. The molecule has 2 aromatic carbocycles.